The highest BCUT2D eigenvalue weighted by Gasteiger charge is 2.23. The Balaban J connectivity index is 1.70. The van der Waals surface area contributed by atoms with Crippen molar-refractivity contribution in [1.29, 1.82) is 0 Å². The van der Waals surface area contributed by atoms with Crippen LogP contribution in [0, 0.1) is 6.92 Å². The molecule has 4 rings (SSSR count). The monoisotopic (exact) mass is 397 g/mol. The van der Waals surface area contributed by atoms with Crippen LogP contribution in [0.5, 0.6) is 11.5 Å². The lowest BCUT2D eigenvalue weighted by Gasteiger charge is -2.22. The van der Waals surface area contributed by atoms with Crippen LogP contribution < -0.4 is 14.4 Å². The third kappa shape index (κ3) is 3.81. The molecule has 7 heteroatoms. The van der Waals surface area contributed by atoms with Gasteiger partial charge in [0.15, 0.2) is 16.6 Å². The van der Waals surface area contributed by atoms with Gasteiger partial charge in [0.2, 0.25) is 0 Å². The summed E-state index contributed by atoms with van der Waals surface area (Å²) in [6.45, 7) is 4.40. The van der Waals surface area contributed by atoms with E-state index in [2.05, 4.69) is 4.90 Å². The van der Waals surface area contributed by atoms with Crippen molar-refractivity contribution in [3.63, 3.8) is 0 Å². The summed E-state index contributed by atoms with van der Waals surface area (Å²) < 4.78 is 12.3. The van der Waals surface area contributed by atoms with Gasteiger partial charge in [-0.25, -0.2) is 4.98 Å². The lowest BCUT2D eigenvalue weighted by molar-refractivity contribution is 0.0985. The van der Waals surface area contributed by atoms with E-state index in [1.807, 2.05) is 57.4 Å². The van der Waals surface area contributed by atoms with E-state index in [-0.39, 0.29) is 5.91 Å². The number of carbonyl (C=O) groups excluding carboxylic acids is 1. The first-order valence-corrected chi connectivity index (χ1v) is 10.1. The first kappa shape index (κ1) is 18.7. The minimum absolute atomic E-state index is 0.0434. The van der Waals surface area contributed by atoms with Crippen LogP contribution in [0.1, 0.15) is 15.9 Å². The number of hydrogen-bond donors (Lipinski definition) is 0. The molecule has 0 radical (unpaired) electrons. The summed E-state index contributed by atoms with van der Waals surface area (Å²) in [5.41, 5.74) is 2.60. The minimum Gasteiger partial charge on any atom is -0.486 e. The summed E-state index contributed by atoms with van der Waals surface area (Å²) in [6.07, 6.45) is 0. The maximum absolute atomic E-state index is 13.2. The summed E-state index contributed by atoms with van der Waals surface area (Å²) >= 11 is 1.50. The Morgan fingerprint density at radius 3 is 2.43 bits per heavy atom. The maximum atomic E-state index is 13.2. The second-order valence-corrected chi connectivity index (χ2v) is 8.10. The largest absolute Gasteiger partial charge is 0.486 e. The number of thiazole rings is 1. The zero-order valence-corrected chi connectivity index (χ0v) is 17.1. The fourth-order valence-electron chi connectivity index (χ4n) is 3.00. The summed E-state index contributed by atoms with van der Waals surface area (Å²) in [4.78, 5) is 21.8. The zero-order valence-electron chi connectivity index (χ0n) is 16.3. The second kappa shape index (κ2) is 7.77. The summed E-state index contributed by atoms with van der Waals surface area (Å²) in [5.74, 6) is 1.40. The summed E-state index contributed by atoms with van der Waals surface area (Å²) in [7, 11) is 3.99. The van der Waals surface area contributed by atoms with E-state index in [4.69, 9.17) is 14.5 Å². The minimum atomic E-state index is -0.0434. The molecule has 1 aromatic heterocycles. The van der Waals surface area contributed by atoms with Gasteiger partial charge >= 0.3 is 0 Å². The highest BCUT2D eigenvalue weighted by Crippen LogP contribution is 2.39. The normalized spacial score (nSPS) is 13.1. The predicted octanol–water partition coefficient (Wildman–Crippen LogP) is 3.58. The van der Waals surface area contributed by atoms with E-state index in [0.29, 0.717) is 36.2 Å². The average Bonchev–Trinajstić information content (AvgIpc) is 3.08. The number of likely N-dealkylation sites (N-methyl/N-ethyl adjacent to an activating group) is 1. The zero-order chi connectivity index (χ0) is 19.7. The molecule has 6 nitrogen and oxygen atoms in total. The van der Waals surface area contributed by atoms with Crippen LogP contribution in [0.3, 0.4) is 0 Å². The van der Waals surface area contributed by atoms with Crippen molar-refractivity contribution >= 4 is 32.6 Å². The van der Waals surface area contributed by atoms with Crippen LogP contribution in [-0.4, -0.2) is 56.2 Å². The van der Waals surface area contributed by atoms with Crippen molar-refractivity contribution in [2.75, 3.05) is 45.3 Å². The SMILES string of the molecule is Cc1ccc(C(=O)N(CCN(C)C)c2nc3cc4c(cc3s2)OCCO4)cc1. The quantitative estimate of drug-likeness (QED) is 0.659. The topological polar surface area (TPSA) is 54.9 Å². The average molecular weight is 398 g/mol. The van der Waals surface area contributed by atoms with Crippen molar-refractivity contribution < 1.29 is 14.3 Å². The molecule has 0 saturated heterocycles. The molecule has 0 aliphatic carbocycles. The highest BCUT2D eigenvalue weighted by atomic mass is 32.1. The van der Waals surface area contributed by atoms with Gasteiger partial charge in [-0.05, 0) is 33.2 Å². The third-order valence-electron chi connectivity index (χ3n) is 4.59. The van der Waals surface area contributed by atoms with Crippen molar-refractivity contribution in [3.8, 4) is 11.5 Å². The lowest BCUT2D eigenvalue weighted by Crippen LogP contribution is -2.36. The van der Waals surface area contributed by atoms with Gasteiger partial charge in [-0.3, -0.25) is 9.69 Å². The molecule has 0 atom stereocenters. The van der Waals surface area contributed by atoms with Gasteiger partial charge in [-0.2, -0.15) is 0 Å². The molecular formula is C21H23N3O3S. The molecule has 1 aliphatic heterocycles. The van der Waals surface area contributed by atoms with Gasteiger partial charge in [-0.1, -0.05) is 29.0 Å². The van der Waals surface area contributed by atoms with E-state index in [1.54, 1.807) is 4.90 Å². The molecule has 0 spiro atoms. The smallest absolute Gasteiger partial charge is 0.260 e. The standard InChI is InChI=1S/C21H23N3O3S/c1-14-4-6-15(7-5-14)20(25)24(9-8-23(2)3)21-22-16-12-17-18(13-19(16)28-21)27-11-10-26-17/h4-7,12-13H,8-11H2,1-3H3. The van der Waals surface area contributed by atoms with E-state index >= 15 is 0 Å². The number of hydrogen-bond acceptors (Lipinski definition) is 6. The Kier molecular flexibility index (Phi) is 5.19. The van der Waals surface area contributed by atoms with E-state index in [1.165, 1.54) is 11.3 Å². The Morgan fingerprint density at radius 1 is 1.07 bits per heavy atom. The summed E-state index contributed by atoms with van der Waals surface area (Å²) in [5, 5.41) is 0.685. The maximum Gasteiger partial charge on any atom is 0.260 e. The number of amides is 1. The first-order valence-electron chi connectivity index (χ1n) is 9.25. The van der Waals surface area contributed by atoms with Gasteiger partial charge < -0.3 is 14.4 Å². The first-order chi connectivity index (χ1) is 13.5. The Hall–Kier alpha value is -2.64. The molecular weight excluding hydrogens is 374 g/mol. The van der Waals surface area contributed by atoms with E-state index in [0.717, 1.165) is 28.1 Å². The fourth-order valence-corrected chi connectivity index (χ4v) is 4.00. The number of carbonyl (C=O) groups is 1. The van der Waals surface area contributed by atoms with Crippen LogP contribution in [0.15, 0.2) is 36.4 Å². The number of fused-ring (bicyclic) bond motifs is 2. The Bertz CT molecular complexity index is 955. The molecule has 0 unspecified atom stereocenters. The van der Waals surface area contributed by atoms with Crippen molar-refractivity contribution in [2.45, 2.75) is 6.92 Å². The molecule has 0 N–H and O–H groups in total. The van der Waals surface area contributed by atoms with Gasteiger partial charge in [0.1, 0.15) is 13.2 Å². The van der Waals surface area contributed by atoms with Crippen molar-refractivity contribution in [2.24, 2.45) is 0 Å². The molecule has 0 fully saturated rings. The molecule has 28 heavy (non-hydrogen) atoms. The van der Waals surface area contributed by atoms with Crippen molar-refractivity contribution in [1.82, 2.24) is 9.88 Å². The predicted molar refractivity (Wildman–Crippen MR) is 112 cm³/mol. The molecule has 2 aromatic carbocycles. The van der Waals surface area contributed by atoms with Crippen LogP contribution in [0.25, 0.3) is 10.2 Å². The lowest BCUT2D eigenvalue weighted by atomic mass is 10.1. The number of anilines is 1. The van der Waals surface area contributed by atoms with Crippen LogP contribution in [-0.2, 0) is 0 Å². The fraction of sp³-hybridized carbons (Fsp3) is 0.333. The molecule has 1 aliphatic rings. The number of aromatic nitrogens is 1. The number of aryl methyl sites for hydroxylation is 1. The van der Waals surface area contributed by atoms with Gasteiger partial charge in [0.25, 0.3) is 5.91 Å². The second-order valence-electron chi connectivity index (χ2n) is 7.09. The molecule has 3 aromatic rings. The third-order valence-corrected chi connectivity index (χ3v) is 5.63. The Labute approximate surface area is 168 Å². The number of nitrogens with zero attached hydrogens (tertiary/aromatic N) is 3. The molecule has 0 bridgehead atoms. The Morgan fingerprint density at radius 2 is 1.75 bits per heavy atom. The number of benzene rings is 2. The number of ether oxygens (including phenoxy) is 2. The molecule has 2 heterocycles. The van der Waals surface area contributed by atoms with Gasteiger partial charge in [-0.15, -0.1) is 0 Å². The van der Waals surface area contributed by atoms with Crippen LogP contribution >= 0.6 is 11.3 Å². The summed E-state index contributed by atoms with van der Waals surface area (Å²) in [6, 6.07) is 11.5. The molecule has 1 amide bonds. The molecule has 146 valence electrons. The van der Waals surface area contributed by atoms with Crippen LogP contribution in [0.2, 0.25) is 0 Å². The van der Waals surface area contributed by atoms with Crippen LogP contribution in [0.4, 0.5) is 5.13 Å². The van der Waals surface area contributed by atoms with Gasteiger partial charge in [0, 0.05) is 30.8 Å². The van der Waals surface area contributed by atoms with E-state index in [9.17, 15) is 4.79 Å². The van der Waals surface area contributed by atoms with Gasteiger partial charge in [0.05, 0.1) is 10.2 Å². The highest BCUT2D eigenvalue weighted by molar-refractivity contribution is 7.22. The molecule has 0 saturated carbocycles. The van der Waals surface area contributed by atoms with E-state index < -0.39 is 0 Å². The van der Waals surface area contributed by atoms with Crippen molar-refractivity contribution in [3.05, 3.63) is 47.5 Å². The number of rotatable bonds is 5.